The fourth-order valence-corrected chi connectivity index (χ4v) is 2.78. The molecule has 1 unspecified atom stereocenters. The summed E-state index contributed by atoms with van der Waals surface area (Å²) in [4.78, 5) is 3.79. The van der Waals surface area contributed by atoms with Crippen LogP contribution in [0.25, 0.3) is 0 Å². The van der Waals surface area contributed by atoms with E-state index in [-0.39, 0.29) is 16.8 Å². The van der Waals surface area contributed by atoms with Crippen LogP contribution in [0, 0.1) is 0 Å². The highest BCUT2D eigenvalue weighted by atomic mass is 32.2. The van der Waals surface area contributed by atoms with Crippen molar-refractivity contribution in [2.24, 2.45) is 0 Å². The highest BCUT2D eigenvalue weighted by molar-refractivity contribution is 7.89. The molecule has 0 aliphatic rings. The second-order valence-electron chi connectivity index (χ2n) is 3.71. The van der Waals surface area contributed by atoms with Gasteiger partial charge in [-0.05, 0) is 25.5 Å². The standard InChI is InChI=1S/C10H17N3O2S/c1-3-5-8(2)13-16(14,15)10-9(11)6-4-7-12-10/h4,6-8,13H,3,5,11H2,1-2H3. The lowest BCUT2D eigenvalue weighted by Crippen LogP contribution is -2.33. The second kappa shape index (κ2) is 5.27. The zero-order valence-electron chi connectivity index (χ0n) is 9.47. The van der Waals surface area contributed by atoms with Crippen LogP contribution in [0.4, 0.5) is 5.69 Å². The molecule has 0 aromatic carbocycles. The van der Waals surface area contributed by atoms with E-state index in [1.807, 2.05) is 13.8 Å². The van der Waals surface area contributed by atoms with Gasteiger partial charge in [0.2, 0.25) is 0 Å². The summed E-state index contributed by atoms with van der Waals surface area (Å²) in [5.41, 5.74) is 5.74. The van der Waals surface area contributed by atoms with Crippen molar-refractivity contribution in [2.75, 3.05) is 5.73 Å². The summed E-state index contributed by atoms with van der Waals surface area (Å²) in [5, 5.41) is -0.0991. The molecule has 0 aliphatic heterocycles. The van der Waals surface area contributed by atoms with Crippen molar-refractivity contribution in [1.29, 1.82) is 0 Å². The topological polar surface area (TPSA) is 85.1 Å². The van der Waals surface area contributed by atoms with E-state index in [4.69, 9.17) is 5.73 Å². The molecule has 0 saturated heterocycles. The summed E-state index contributed by atoms with van der Waals surface area (Å²) in [6.45, 7) is 3.82. The molecule has 0 amide bonds. The zero-order valence-corrected chi connectivity index (χ0v) is 10.3. The third kappa shape index (κ3) is 3.18. The van der Waals surface area contributed by atoms with Crippen molar-refractivity contribution in [3.8, 4) is 0 Å². The lowest BCUT2D eigenvalue weighted by atomic mass is 10.2. The molecule has 1 aromatic heterocycles. The molecule has 0 radical (unpaired) electrons. The molecule has 0 bridgehead atoms. The van der Waals surface area contributed by atoms with Crippen LogP contribution in [0.2, 0.25) is 0 Å². The Kier molecular flexibility index (Phi) is 4.26. The van der Waals surface area contributed by atoms with Gasteiger partial charge in [0, 0.05) is 12.2 Å². The summed E-state index contributed by atoms with van der Waals surface area (Å²) in [6, 6.07) is 3.01. The van der Waals surface area contributed by atoms with Gasteiger partial charge in [0.25, 0.3) is 10.0 Å². The van der Waals surface area contributed by atoms with Crippen LogP contribution in [-0.4, -0.2) is 19.4 Å². The predicted octanol–water partition coefficient (Wildman–Crippen LogP) is 1.13. The van der Waals surface area contributed by atoms with E-state index in [0.717, 1.165) is 12.8 Å². The first-order valence-corrected chi connectivity index (χ1v) is 6.68. The number of hydrogen-bond donors (Lipinski definition) is 2. The molecule has 1 heterocycles. The van der Waals surface area contributed by atoms with Gasteiger partial charge in [-0.25, -0.2) is 18.1 Å². The molecule has 0 saturated carbocycles. The molecule has 0 aliphatic carbocycles. The molecule has 0 fully saturated rings. The maximum atomic E-state index is 11.9. The number of hydrogen-bond acceptors (Lipinski definition) is 4. The number of sulfonamides is 1. The average Bonchev–Trinajstić information content (AvgIpc) is 2.17. The fourth-order valence-electron chi connectivity index (χ4n) is 1.44. The van der Waals surface area contributed by atoms with Crippen molar-refractivity contribution >= 4 is 15.7 Å². The van der Waals surface area contributed by atoms with Crippen LogP contribution in [-0.2, 0) is 10.0 Å². The summed E-state index contributed by atoms with van der Waals surface area (Å²) < 4.78 is 26.3. The average molecular weight is 243 g/mol. The van der Waals surface area contributed by atoms with E-state index in [1.165, 1.54) is 12.3 Å². The number of nitrogens with two attached hydrogens (primary N) is 1. The Morgan fingerprint density at radius 1 is 1.56 bits per heavy atom. The van der Waals surface area contributed by atoms with E-state index in [0.29, 0.717) is 0 Å². The highest BCUT2D eigenvalue weighted by Gasteiger charge is 2.20. The molecule has 3 N–H and O–H groups in total. The Labute approximate surface area is 96.1 Å². The molecular formula is C10H17N3O2S. The molecule has 1 aromatic rings. The minimum Gasteiger partial charge on any atom is -0.396 e. The van der Waals surface area contributed by atoms with Gasteiger partial charge < -0.3 is 5.73 Å². The highest BCUT2D eigenvalue weighted by Crippen LogP contribution is 2.14. The van der Waals surface area contributed by atoms with Gasteiger partial charge in [0.1, 0.15) is 0 Å². The lowest BCUT2D eigenvalue weighted by Gasteiger charge is -2.13. The number of nitrogens with zero attached hydrogens (tertiary/aromatic N) is 1. The van der Waals surface area contributed by atoms with Gasteiger partial charge in [0.05, 0.1) is 5.69 Å². The zero-order chi connectivity index (χ0) is 12.2. The van der Waals surface area contributed by atoms with Gasteiger partial charge in [-0.2, -0.15) is 0 Å². The van der Waals surface area contributed by atoms with E-state index < -0.39 is 10.0 Å². The summed E-state index contributed by atoms with van der Waals surface area (Å²) >= 11 is 0. The fraction of sp³-hybridized carbons (Fsp3) is 0.500. The monoisotopic (exact) mass is 243 g/mol. The number of nitrogen functional groups attached to an aromatic ring is 1. The Hall–Kier alpha value is -1.14. The number of pyridine rings is 1. The summed E-state index contributed by atoms with van der Waals surface area (Å²) in [5.74, 6) is 0. The van der Waals surface area contributed by atoms with Crippen molar-refractivity contribution in [3.05, 3.63) is 18.3 Å². The van der Waals surface area contributed by atoms with Crippen LogP contribution in [0.1, 0.15) is 26.7 Å². The van der Waals surface area contributed by atoms with Crippen LogP contribution in [0.5, 0.6) is 0 Å². The molecular weight excluding hydrogens is 226 g/mol. The first kappa shape index (κ1) is 12.9. The van der Waals surface area contributed by atoms with Gasteiger partial charge >= 0.3 is 0 Å². The van der Waals surface area contributed by atoms with Crippen LogP contribution in [0.3, 0.4) is 0 Å². The molecule has 90 valence electrons. The smallest absolute Gasteiger partial charge is 0.260 e. The van der Waals surface area contributed by atoms with Gasteiger partial charge in [-0.3, -0.25) is 0 Å². The Balaban J connectivity index is 2.91. The molecule has 5 nitrogen and oxygen atoms in total. The Morgan fingerprint density at radius 2 is 2.25 bits per heavy atom. The maximum Gasteiger partial charge on any atom is 0.260 e. The van der Waals surface area contributed by atoms with Gasteiger partial charge in [0.15, 0.2) is 5.03 Å². The molecule has 6 heteroatoms. The predicted molar refractivity (Wildman–Crippen MR) is 63.3 cm³/mol. The SMILES string of the molecule is CCCC(C)NS(=O)(=O)c1ncccc1N. The van der Waals surface area contributed by atoms with E-state index >= 15 is 0 Å². The van der Waals surface area contributed by atoms with Crippen molar-refractivity contribution in [3.63, 3.8) is 0 Å². The summed E-state index contributed by atoms with van der Waals surface area (Å²) in [7, 11) is -3.60. The minimum atomic E-state index is -3.60. The van der Waals surface area contributed by atoms with Crippen molar-refractivity contribution < 1.29 is 8.42 Å². The largest absolute Gasteiger partial charge is 0.396 e. The third-order valence-electron chi connectivity index (χ3n) is 2.13. The minimum absolute atomic E-state index is 0.0991. The molecule has 0 spiro atoms. The number of nitrogens with one attached hydrogen (secondary N) is 1. The Morgan fingerprint density at radius 3 is 2.81 bits per heavy atom. The van der Waals surface area contributed by atoms with Crippen LogP contribution in [0.15, 0.2) is 23.4 Å². The van der Waals surface area contributed by atoms with E-state index in [9.17, 15) is 8.42 Å². The number of anilines is 1. The van der Waals surface area contributed by atoms with E-state index in [2.05, 4.69) is 9.71 Å². The number of rotatable bonds is 5. The molecule has 16 heavy (non-hydrogen) atoms. The van der Waals surface area contributed by atoms with Crippen LogP contribution >= 0.6 is 0 Å². The first-order valence-electron chi connectivity index (χ1n) is 5.20. The normalized spacial score (nSPS) is 13.6. The third-order valence-corrected chi connectivity index (χ3v) is 3.70. The number of aromatic nitrogens is 1. The first-order chi connectivity index (χ1) is 7.47. The van der Waals surface area contributed by atoms with Gasteiger partial charge in [-0.15, -0.1) is 0 Å². The maximum absolute atomic E-state index is 11.9. The second-order valence-corrected chi connectivity index (χ2v) is 5.34. The van der Waals surface area contributed by atoms with E-state index in [1.54, 1.807) is 6.07 Å². The van der Waals surface area contributed by atoms with Crippen molar-refractivity contribution in [1.82, 2.24) is 9.71 Å². The quantitative estimate of drug-likeness (QED) is 0.811. The molecule has 1 rings (SSSR count). The summed E-state index contributed by atoms with van der Waals surface area (Å²) in [6.07, 6.45) is 3.11. The van der Waals surface area contributed by atoms with Gasteiger partial charge in [-0.1, -0.05) is 13.3 Å². The molecule has 1 atom stereocenters. The lowest BCUT2D eigenvalue weighted by molar-refractivity contribution is 0.541. The van der Waals surface area contributed by atoms with Crippen molar-refractivity contribution in [2.45, 2.75) is 37.8 Å². The van der Waals surface area contributed by atoms with Crippen LogP contribution < -0.4 is 10.5 Å². The Bertz CT molecular complexity index is 445.